The molecule has 0 saturated carbocycles. The maximum absolute atomic E-state index is 12.0. The first kappa shape index (κ1) is 48.5. The molecule has 2 rings (SSSR count). The van der Waals surface area contributed by atoms with Crippen molar-refractivity contribution in [3.8, 4) is 0 Å². The van der Waals surface area contributed by atoms with Crippen LogP contribution in [0.3, 0.4) is 0 Å². The molecule has 0 bridgehead atoms. The number of fused-ring (bicyclic) bond motifs is 1. The number of hydrogen-bond acceptors (Lipinski definition) is 14. The number of H-pyrrole nitrogens is 1. The number of aliphatic hydroxyl groups excluding tert-OH is 1. The number of carbonyl (C=O) groups is 5. The molecule has 0 aliphatic rings. The minimum atomic E-state index is -1.18. The molecule has 0 radical (unpaired) electrons. The minimum absolute atomic E-state index is 0.0554. The Bertz CT molecular complexity index is 1300. The first-order valence-corrected chi connectivity index (χ1v) is 17.4. The molecule has 0 amide bonds. The molecule has 18 heteroatoms. The zero-order chi connectivity index (χ0) is 39.0. The van der Waals surface area contributed by atoms with Gasteiger partial charge < -0.3 is 64.5 Å². The first-order chi connectivity index (χ1) is 23.3. The Balaban J connectivity index is 0. The summed E-state index contributed by atoms with van der Waals surface area (Å²) in [4.78, 5) is 57.0. The van der Waals surface area contributed by atoms with E-state index >= 15 is 0 Å². The highest BCUT2D eigenvalue weighted by molar-refractivity contribution is 7.98. The molecule has 1 aromatic carbocycles. The van der Waals surface area contributed by atoms with Gasteiger partial charge in [0.25, 0.3) is 0 Å². The Labute approximate surface area is 296 Å². The van der Waals surface area contributed by atoms with Crippen LogP contribution in [-0.4, -0.2) is 110 Å². The van der Waals surface area contributed by atoms with Gasteiger partial charge in [-0.25, -0.2) is 9.59 Å². The van der Waals surface area contributed by atoms with Crippen LogP contribution >= 0.6 is 11.8 Å². The predicted octanol–water partition coefficient (Wildman–Crippen LogP) is -0.0613. The molecule has 2 aromatic rings. The number of carboxylic acid groups (broad SMARTS) is 3. The summed E-state index contributed by atoms with van der Waals surface area (Å²) in [6.07, 6.45) is 6.49. The van der Waals surface area contributed by atoms with Gasteiger partial charge in [-0.3, -0.25) is 14.4 Å². The number of para-hydroxylation sites is 1. The summed E-state index contributed by atoms with van der Waals surface area (Å²) in [5, 5.41) is 34.2. The van der Waals surface area contributed by atoms with Crippen LogP contribution in [0, 0.1) is 5.92 Å². The van der Waals surface area contributed by atoms with Crippen LogP contribution in [0.5, 0.6) is 0 Å². The Kier molecular flexibility index (Phi) is 26.3. The number of aliphatic carboxylic acids is 3. The van der Waals surface area contributed by atoms with Crippen molar-refractivity contribution in [3.05, 3.63) is 36.0 Å². The van der Waals surface area contributed by atoms with Crippen molar-refractivity contribution >= 4 is 52.5 Å². The highest BCUT2D eigenvalue weighted by atomic mass is 32.2. The number of ether oxygens (including phenoxy) is 1. The van der Waals surface area contributed by atoms with Gasteiger partial charge >= 0.3 is 29.8 Å². The van der Waals surface area contributed by atoms with Crippen molar-refractivity contribution in [1.82, 2.24) is 4.98 Å². The van der Waals surface area contributed by atoms with E-state index in [1.807, 2.05) is 50.6 Å². The van der Waals surface area contributed by atoms with Crippen LogP contribution in [0.15, 0.2) is 30.5 Å². The van der Waals surface area contributed by atoms with E-state index < -0.39 is 66.2 Å². The van der Waals surface area contributed by atoms with Crippen LogP contribution in [0.2, 0.25) is 0 Å². The summed E-state index contributed by atoms with van der Waals surface area (Å²) in [7, 11) is 0. The average Bonchev–Trinajstić information content (AvgIpc) is 3.49. The van der Waals surface area contributed by atoms with Crippen molar-refractivity contribution < 1.29 is 49.1 Å². The number of esters is 2. The molecule has 7 atom stereocenters. The van der Waals surface area contributed by atoms with Gasteiger partial charge in [-0.05, 0) is 62.3 Å². The molecule has 0 aliphatic heterocycles. The fourth-order valence-electron chi connectivity index (χ4n) is 3.56. The van der Waals surface area contributed by atoms with Crippen molar-refractivity contribution in [2.75, 3.05) is 18.6 Å². The van der Waals surface area contributed by atoms with Gasteiger partial charge in [0.05, 0.1) is 6.10 Å². The number of aromatic amines is 1. The number of rotatable bonds is 17. The second-order valence-electron chi connectivity index (χ2n) is 11.4. The normalized spacial score (nSPS) is 14.7. The van der Waals surface area contributed by atoms with E-state index in [0.717, 1.165) is 41.5 Å². The van der Waals surface area contributed by atoms with E-state index in [-0.39, 0.29) is 12.3 Å². The zero-order valence-electron chi connectivity index (χ0n) is 29.2. The molecule has 0 spiro atoms. The van der Waals surface area contributed by atoms with Crippen LogP contribution in [-0.2, 0) is 35.1 Å². The number of carboxylic acids is 3. The van der Waals surface area contributed by atoms with Crippen molar-refractivity contribution in [3.63, 3.8) is 0 Å². The fourth-order valence-corrected chi connectivity index (χ4v) is 4.05. The number of nitrogens with two attached hydrogens (primary N) is 6. The summed E-state index contributed by atoms with van der Waals surface area (Å²) in [5.74, 6) is -3.74. The number of hydrogen-bond donors (Lipinski definition) is 11. The molecule has 0 fully saturated rings. The molecular weight excluding hydrogens is 674 g/mol. The summed E-state index contributed by atoms with van der Waals surface area (Å²) in [6, 6.07) is 3.44. The van der Waals surface area contributed by atoms with Gasteiger partial charge in [-0.15, -0.1) is 0 Å². The highest BCUT2D eigenvalue weighted by Gasteiger charge is 2.26. The zero-order valence-corrected chi connectivity index (χ0v) is 30.0. The van der Waals surface area contributed by atoms with Gasteiger partial charge in [-0.2, -0.15) is 11.8 Å². The number of unbranched alkanes of at least 4 members (excludes halogenated alkanes) is 1. The van der Waals surface area contributed by atoms with E-state index in [4.69, 9.17) is 59.6 Å². The Morgan fingerprint density at radius 1 is 0.820 bits per heavy atom. The molecule has 286 valence electrons. The minimum Gasteiger partial charge on any atom is -0.480 e. The van der Waals surface area contributed by atoms with Gasteiger partial charge in [0, 0.05) is 23.5 Å². The monoisotopic (exact) mass is 731 g/mol. The maximum Gasteiger partial charge on any atom is 0.330 e. The number of aliphatic hydroxyl groups is 1. The quantitative estimate of drug-likeness (QED) is 0.0576. The standard InChI is InChI=1S/C17H23N3O3.C6H14N2O2.C5H11NO2S.C4H9NO3/c1-3-10(2)15(19)17(22)23-16(21)13(18)8-11-9-20-14-7-5-4-6-12(11)14;7-4-2-1-3-5(8)6(9)10;1-9-3-2-4(6)5(7)8;1-2(6)3(5)4(7)8/h4-7,9-10,13,15,20H,3,8,18-19H2,1-2H3;5H,1-4,7-8H2,(H,9,10);4H,2-3,6H2,1H3,(H,7,8);2-3,6H,5H2,1H3,(H,7,8)/t10-,13-,15-;5-;4-;2-,3+/m0001/s1. The van der Waals surface area contributed by atoms with E-state index in [9.17, 15) is 24.0 Å². The van der Waals surface area contributed by atoms with Crippen molar-refractivity contribution in [1.29, 1.82) is 0 Å². The van der Waals surface area contributed by atoms with Gasteiger partial charge in [0.15, 0.2) is 0 Å². The van der Waals surface area contributed by atoms with E-state index in [2.05, 4.69) is 4.98 Å². The molecule has 0 saturated heterocycles. The number of nitrogens with one attached hydrogen (secondary N) is 1. The number of thioether (sulfide) groups is 1. The lowest BCUT2D eigenvalue weighted by Gasteiger charge is -2.17. The summed E-state index contributed by atoms with van der Waals surface area (Å²) in [6.45, 7) is 5.69. The van der Waals surface area contributed by atoms with Gasteiger partial charge in [0.2, 0.25) is 0 Å². The summed E-state index contributed by atoms with van der Waals surface area (Å²) < 4.78 is 4.82. The maximum atomic E-state index is 12.0. The van der Waals surface area contributed by atoms with Crippen molar-refractivity contribution in [2.45, 2.75) is 95.6 Å². The average molecular weight is 732 g/mol. The SMILES string of the molecule is CC[C@H](C)[C@H](N)C(=O)OC(=O)[C@@H](N)Cc1c[nH]c2ccccc12.CSCC[C@H](N)C(=O)O.C[C@@H](O)[C@H](N)C(=O)O.NCCCC[C@H](N)C(=O)O. The molecule has 17 N–H and O–H groups in total. The molecular formula is C32H57N7O10S. The Morgan fingerprint density at radius 2 is 1.38 bits per heavy atom. The Morgan fingerprint density at radius 3 is 1.84 bits per heavy atom. The Hall–Kier alpha value is -3.62. The van der Waals surface area contributed by atoms with Gasteiger partial charge in [-0.1, -0.05) is 44.9 Å². The van der Waals surface area contributed by atoms with E-state index in [1.54, 1.807) is 11.8 Å². The first-order valence-electron chi connectivity index (χ1n) is 16.0. The molecule has 1 aromatic heterocycles. The van der Waals surface area contributed by atoms with Crippen LogP contribution in [0.4, 0.5) is 0 Å². The third kappa shape index (κ3) is 20.8. The van der Waals surface area contributed by atoms with Crippen molar-refractivity contribution in [2.24, 2.45) is 40.3 Å². The van der Waals surface area contributed by atoms with Crippen LogP contribution < -0.4 is 34.4 Å². The largest absolute Gasteiger partial charge is 0.480 e. The third-order valence-electron chi connectivity index (χ3n) is 7.19. The summed E-state index contributed by atoms with van der Waals surface area (Å²) in [5.41, 5.74) is 34.0. The number of carbonyl (C=O) groups excluding carboxylic acids is 2. The second-order valence-corrected chi connectivity index (χ2v) is 12.4. The number of benzene rings is 1. The molecule has 0 unspecified atom stereocenters. The lowest BCUT2D eigenvalue weighted by Crippen LogP contribution is -2.43. The predicted molar refractivity (Wildman–Crippen MR) is 193 cm³/mol. The summed E-state index contributed by atoms with van der Waals surface area (Å²) >= 11 is 1.60. The van der Waals surface area contributed by atoms with Crippen LogP contribution in [0.1, 0.15) is 58.4 Å². The van der Waals surface area contributed by atoms with E-state index in [1.165, 1.54) is 6.92 Å². The molecule has 0 aliphatic carbocycles. The fraction of sp³-hybridized carbons (Fsp3) is 0.594. The number of aromatic nitrogens is 1. The molecule has 17 nitrogen and oxygen atoms in total. The third-order valence-corrected chi connectivity index (χ3v) is 7.83. The molecule has 1 heterocycles. The lowest BCUT2D eigenvalue weighted by molar-refractivity contribution is -0.162. The molecule has 50 heavy (non-hydrogen) atoms. The van der Waals surface area contributed by atoms with Crippen LogP contribution in [0.25, 0.3) is 10.9 Å². The topological polar surface area (TPSA) is 347 Å². The van der Waals surface area contributed by atoms with Gasteiger partial charge in [0.1, 0.15) is 30.2 Å². The smallest absolute Gasteiger partial charge is 0.330 e. The lowest BCUT2D eigenvalue weighted by atomic mass is 10.0. The second kappa shape index (κ2) is 27.1. The van der Waals surface area contributed by atoms with E-state index in [0.29, 0.717) is 19.4 Å². The highest BCUT2D eigenvalue weighted by Crippen LogP contribution is 2.19.